The first kappa shape index (κ1) is 20.9. The van der Waals surface area contributed by atoms with Gasteiger partial charge in [-0.15, -0.1) is 0 Å². The van der Waals surface area contributed by atoms with Crippen molar-refractivity contribution in [1.82, 2.24) is 0 Å². The Balaban J connectivity index is 1.78. The molecule has 1 aliphatic rings. The van der Waals surface area contributed by atoms with Gasteiger partial charge in [0.2, 0.25) is 5.91 Å². The summed E-state index contributed by atoms with van der Waals surface area (Å²) < 4.78 is 30.1. The van der Waals surface area contributed by atoms with Crippen LogP contribution in [0.1, 0.15) is 12.5 Å². The lowest BCUT2D eigenvalue weighted by Gasteiger charge is -2.10. The number of nitrogens with one attached hydrogen (secondary N) is 1. The number of hydrogen-bond donors (Lipinski definition) is 2. The van der Waals surface area contributed by atoms with Gasteiger partial charge in [0.05, 0.1) is 9.93 Å². The van der Waals surface area contributed by atoms with E-state index >= 15 is 0 Å². The molecule has 11 heteroatoms. The van der Waals surface area contributed by atoms with Gasteiger partial charge in [-0.3, -0.25) is 9.59 Å². The molecule has 2 aromatic rings. The largest absolute Gasteiger partial charge is 0.378 e. The van der Waals surface area contributed by atoms with Crippen LogP contribution in [0.3, 0.4) is 0 Å². The fraction of sp³-hybridized carbons (Fsp3) is 0.0556. The summed E-state index contributed by atoms with van der Waals surface area (Å²) in [4.78, 5) is 26.5. The number of halogens is 1. The number of nitrogens with two attached hydrogens (primary N) is 1. The monoisotopic (exact) mass is 451 g/mol. The number of amides is 2. The van der Waals surface area contributed by atoms with Crippen LogP contribution in [-0.4, -0.2) is 25.4 Å². The third-order valence-corrected chi connectivity index (χ3v) is 5.91. The first-order valence-corrected chi connectivity index (χ1v) is 10.6. The summed E-state index contributed by atoms with van der Waals surface area (Å²) in [5, 5.41) is 2.74. The van der Waals surface area contributed by atoms with Crippen LogP contribution in [0.5, 0.6) is 5.75 Å². The molecule has 150 valence electrons. The summed E-state index contributed by atoms with van der Waals surface area (Å²) >= 11 is 7.18. The van der Waals surface area contributed by atoms with Crippen LogP contribution in [-0.2, 0) is 19.7 Å². The highest BCUT2D eigenvalue weighted by Crippen LogP contribution is 2.31. The van der Waals surface area contributed by atoms with Crippen LogP contribution in [0, 0.1) is 0 Å². The van der Waals surface area contributed by atoms with Crippen LogP contribution >= 0.6 is 23.4 Å². The van der Waals surface area contributed by atoms with Crippen molar-refractivity contribution in [2.24, 2.45) is 10.7 Å². The Labute approximate surface area is 175 Å². The maximum Gasteiger partial charge on any atom is 0.339 e. The van der Waals surface area contributed by atoms with E-state index in [-0.39, 0.29) is 26.7 Å². The molecule has 0 spiro atoms. The van der Waals surface area contributed by atoms with Crippen molar-refractivity contribution in [2.45, 2.75) is 11.8 Å². The smallest absolute Gasteiger partial charge is 0.339 e. The number of aliphatic imine (C=N–C) groups is 1. The van der Waals surface area contributed by atoms with Crippen LogP contribution in [0.25, 0.3) is 6.08 Å². The van der Waals surface area contributed by atoms with E-state index in [0.29, 0.717) is 16.2 Å². The van der Waals surface area contributed by atoms with Gasteiger partial charge < -0.3 is 15.2 Å². The molecule has 0 radical (unpaired) electrons. The number of amidine groups is 1. The van der Waals surface area contributed by atoms with Crippen molar-refractivity contribution in [2.75, 3.05) is 5.32 Å². The molecule has 1 aliphatic heterocycles. The molecule has 0 saturated heterocycles. The van der Waals surface area contributed by atoms with Crippen molar-refractivity contribution in [3.05, 3.63) is 58.0 Å². The van der Waals surface area contributed by atoms with E-state index < -0.39 is 16.0 Å². The highest BCUT2D eigenvalue weighted by molar-refractivity contribution is 8.18. The molecular weight excluding hydrogens is 438 g/mol. The number of thioether (sulfide) groups is 1. The normalized spacial score (nSPS) is 15.3. The van der Waals surface area contributed by atoms with Crippen molar-refractivity contribution in [1.29, 1.82) is 0 Å². The Morgan fingerprint density at radius 1 is 1.24 bits per heavy atom. The zero-order valence-electron chi connectivity index (χ0n) is 14.9. The Hall–Kier alpha value is -2.82. The molecule has 0 aliphatic carbocycles. The van der Waals surface area contributed by atoms with E-state index in [1.54, 1.807) is 12.1 Å². The quantitative estimate of drug-likeness (QED) is 0.528. The zero-order chi connectivity index (χ0) is 21.2. The molecule has 1 heterocycles. The van der Waals surface area contributed by atoms with Gasteiger partial charge in [-0.2, -0.15) is 13.4 Å². The van der Waals surface area contributed by atoms with Gasteiger partial charge in [-0.25, -0.2) is 0 Å². The number of rotatable bonds is 5. The molecule has 3 N–H and O–H groups in total. The summed E-state index contributed by atoms with van der Waals surface area (Å²) in [7, 11) is -4.14. The highest BCUT2D eigenvalue weighted by Gasteiger charge is 2.21. The summed E-state index contributed by atoms with van der Waals surface area (Å²) in [5.41, 5.74) is 6.51. The molecule has 2 aromatic carbocycles. The van der Waals surface area contributed by atoms with E-state index in [1.165, 1.54) is 43.3 Å². The number of carbonyl (C=O) groups excluding carboxylic acids is 2. The summed E-state index contributed by atoms with van der Waals surface area (Å²) in [6, 6.07) is 9.89. The molecular formula is C18H14ClN3O5S2. The van der Waals surface area contributed by atoms with E-state index in [1.807, 2.05) is 0 Å². The van der Waals surface area contributed by atoms with Gasteiger partial charge in [0.25, 0.3) is 5.91 Å². The average molecular weight is 452 g/mol. The van der Waals surface area contributed by atoms with Crippen molar-refractivity contribution in [3.8, 4) is 5.75 Å². The van der Waals surface area contributed by atoms with Gasteiger partial charge in [0.15, 0.2) is 10.9 Å². The van der Waals surface area contributed by atoms with Crippen LogP contribution in [0.2, 0.25) is 5.02 Å². The maximum atomic E-state index is 12.5. The predicted octanol–water partition coefficient (Wildman–Crippen LogP) is 3.00. The number of anilines is 1. The standard InChI is InChI=1S/C18H14ClN3O5S2/c1-10(23)21-12-3-5-13(6-4-12)29(25,26)27-15-7-2-11(8-14(15)19)9-16-17(24)22-18(20)28-16/h2-9H,1H3,(H,21,23)(H2,20,22,24). The third-order valence-electron chi connectivity index (χ3n) is 3.55. The Morgan fingerprint density at radius 2 is 1.93 bits per heavy atom. The van der Waals surface area contributed by atoms with Crippen molar-refractivity contribution < 1.29 is 22.2 Å². The van der Waals surface area contributed by atoms with E-state index in [4.69, 9.17) is 21.5 Å². The molecule has 0 unspecified atom stereocenters. The van der Waals surface area contributed by atoms with Crippen LogP contribution < -0.4 is 15.2 Å². The molecule has 3 rings (SSSR count). The molecule has 0 bridgehead atoms. The van der Waals surface area contributed by atoms with Gasteiger partial charge in [-0.1, -0.05) is 17.7 Å². The van der Waals surface area contributed by atoms with Crippen LogP contribution in [0.4, 0.5) is 5.69 Å². The second kappa shape index (κ2) is 8.27. The highest BCUT2D eigenvalue weighted by atomic mass is 35.5. The number of carbonyl (C=O) groups is 2. The lowest BCUT2D eigenvalue weighted by molar-refractivity contribution is -0.114. The van der Waals surface area contributed by atoms with Gasteiger partial charge >= 0.3 is 10.1 Å². The first-order chi connectivity index (χ1) is 13.6. The third kappa shape index (κ3) is 5.17. The number of benzene rings is 2. The first-order valence-electron chi connectivity index (χ1n) is 8.04. The molecule has 0 fully saturated rings. The minimum Gasteiger partial charge on any atom is -0.378 e. The van der Waals surface area contributed by atoms with Gasteiger partial charge in [-0.05, 0) is 59.8 Å². The predicted molar refractivity (Wildman–Crippen MR) is 112 cm³/mol. The van der Waals surface area contributed by atoms with Crippen molar-refractivity contribution >= 4 is 62.2 Å². The maximum absolute atomic E-state index is 12.5. The molecule has 0 saturated carbocycles. The van der Waals surface area contributed by atoms with E-state index in [9.17, 15) is 18.0 Å². The molecule has 0 atom stereocenters. The summed E-state index contributed by atoms with van der Waals surface area (Å²) in [5.74, 6) is -0.791. The Morgan fingerprint density at radius 3 is 2.48 bits per heavy atom. The van der Waals surface area contributed by atoms with Crippen molar-refractivity contribution in [3.63, 3.8) is 0 Å². The molecule has 29 heavy (non-hydrogen) atoms. The fourth-order valence-electron chi connectivity index (χ4n) is 2.33. The lowest BCUT2D eigenvalue weighted by atomic mass is 10.2. The average Bonchev–Trinajstić information content (AvgIpc) is 2.94. The second-order valence-corrected chi connectivity index (χ2v) is 8.81. The Kier molecular flexibility index (Phi) is 5.96. The lowest BCUT2D eigenvalue weighted by Crippen LogP contribution is -2.11. The minimum atomic E-state index is -4.14. The topological polar surface area (TPSA) is 128 Å². The van der Waals surface area contributed by atoms with Crippen LogP contribution in [0.15, 0.2) is 57.3 Å². The summed E-state index contributed by atoms with van der Waals surface area (Å²) in [6.45, 7) is 1.35. The molecule has 8 nitrogen and oxygen atoms in total. The SMILES string of the molecule is CC(=O)Nc1ccc(S(=O)(=O)Oc2ccc(C=C3SC(N)=NC3=O)cc2Cl)cc1. The van der Waals surface area contributed by atoms with E-state index in [0.717, 1.165) is 11.8 Å². The number of hydrogen-bond acceptors (Lipinski definition) is 7. The molecule has 0 aromatic heterocycles. The fourth-order valence-corrected chi connectivity index (χ4v) is 4.23. The summed E-state index contributed by atoms with van der Waals surface area (Å²) in [6.07, 6.45) is 1.54. The second-order valence-electron chi connectivity index (χ2n) is 5.80. The zero-order valence-corrected chi connectivity index (χ0v) is 17.3. The van der Waals surface area contributed by atoms with E-state index in [2.05, 4.69) is 10.3 Å². The minimum absolute atomic E-state index is 0.0436. The van der Waals surface area contributed by atoms with Gasteiger partial charge in [0.1, 0.15) is 4.90 Å². The van der Waals surface area contributed by atoms with Gasteiger partial charge in [0, 0.05) is 12.6 Å². The number of nitrogens with zero attached hydrogens (tertiary/aromatic N) is 1. The molecule has 2 amide bonds. The Bertz CT molecular complexity index is 1160.